The van der Waals surface area contributed by atoms with E-state index in [1.54, 1.807) is 0 Å². The van der Waals surface area contributed by atoms with E-state index in [9.17, 15) is 9.59 Å². The van der Waals surface area contributed by atoms with Crippen LogP contribution in [0.4, 0.5) is 0 Å². The van der Waals surface area contributed by atoms with Gasteiger partial charge < -0.3 is 4.74 Å². The first-order valence-corrected chi connectivity index (χ1v) is 7.19. The van der Waals surface area contributed by atoms with Crippen molar-refractivity contribution in [2.45, 2.75) is 34.1 Å². The normalized spacial score (nSPS) is 55.1. The molecule has 1 saturated heterocycles. The fourth-order valence-corrected chi connectivity index (χ4v) is 5.09. The molecule has 0 aromatic heterocycles. The summed E-state index contributed by atoms with van der Waals surface area (Å²) in [6.45, 7) is 8.76. The van der Waals surface area contributed by atoms with Gasteiger partial charge in [-0.05, 0) is 41.9 Å². The van der Waals surface area contributed by atoms with E-state index in [-0.39, 0.29) is 23.8 Å². The van der Waals surface area contributed by atoms with Gasteiger partial charge in [-0.2, -0.15) is 0 Å². The van der Waals surface area contributed by atoms with Crippen molar-refractivity contribution in [3.05, 3.63) is 0 Å². The van der Waals surface area contributed by atoms with Gasteiger partial charge in [0.1, 0.15) is 0 Å². The Hall–Kier alpha value is -0.860. The number of carbonyl (C=O) groups excluding carboxylic acids is 2. The van der Waals surface area contributed by atoms with E-state index in [1.807, 2.05) is 6.92 Å². The number of esters is 2. The topological polar surface area (TPSA) is 43.4 Å². The van der Waals surface area contributed by atoms with Gasteiger partial charge >= 0.3 is 11.9 Å². The zero-order valence-electron chi connectivity index (χ0n) is 11.6. The first-order chi connectivity index (χ1) is 8.43. The average Bonchev–Trinajstić information content (AvgIpc) is 2.86. The lowest BCUT2D eigenvalue weighted by Crippen LogP contribution is -2.39. The van der Waals surface area contributed by atoms with Crippen molar-refractivity contribution in [2.24, 2.45) is 47.3 Å². The molecule has 1 aliphatic heterocycles. The highest BCUT2D eigenvalue weighted by Crippen LogP contribution is 2.61. The number of carbonyl (C=O) groups is 2. The first kappa shape index (κ1) is 12.2. The molecule has 100 valence electrons. The van der Waals surface area contributed by atoms with Crippen molar-refractivity contribution < 1.29 is 14.3 Å². The second-order valence-corrected chi connectivity index (χ2v) is 6.77. The lowest BCUT2D eigenvalue weighted by atomic mass is 9.64. The maximum absolute atomic E-state index is 11.9. The number of ether oxygens (including phenoxy) is 1. The summed E-state index contributed by atoms with van der Waals surface area (Å²) in [6, 6.07) is 0. The Morgan fingerprint density at radius 3 is 2.00 bits per heavy atom. The maximum atomic E-state index is 11.9. The summed E-state index contributed by atoms with van der Waals surface area (Å²) in [6.07, 6.45) is 1.23. The Morgan fingerprint density at radius 1 is 0.889 bits per heavy atom. The van der Waals surface area contributed by atoms with Gasteiger partial charge in [0.05, 0.1) is 11.8 Å². The number of fused-ring (bicyclic) bond motifs is 2. The van der Waals surface area contributed by atoms with Crippen LogP contribution >= 0.6 is 0 Å². The molecule has 2 aliphatic carbocycles. The monoisotopic (exact) mass is 250 g/mol. The zero-order chi connectivity index (χ0) is 13.2. The minimum atomic E-state index is -0.319. The molecular formula is C15H22O3. The molecule has 2 saturated carbocycles. The van der Waals surface area contributed by atoms with Crippen LogP contribution in [0, 0.1) is 47.3 Å². The maximum Gasteiger partial charge on any atom is 0.317 e. The third kappa shape index (κ3) is 1.36. The number of cyclic esters (lactones) is 2. The van der Waals surface area contributed by atoms with Gasteiger partial charge in [0.15, 0.2) is 0 Å². The fourth-order valence-electron chi connectivity index (χ4n) is 5.09. The van der Waals surface area contributed by atoms with E-state index >= 15 is 0 Å². The molecule has 3 fully saturated rings. The summed E-state index contributed by atoms with van der Waals surface area (Å²) < 4.78 is 4.84. The molecule has 8 unspecified atom stereocenters. The van der Waals surface area contributed by atoms with Crippen LogP contribution in [0.25, 0.3) is 0 Å². The molecule has 3 heteroatoms. The van der Waals surface area contributed by atoms with Crippen molar-refractivity contribution in [3.63, 3.8) is 0 Å². The Bertz CT molecular complexity index is 403. The summed E-state index contributed by atoms with van der Waals surface area (Å²) in [4.78, 5) is 23.5. The van der Waals surface area contributed by atoms with Gasteiger partial charge in [-0.1, -0.05) is 27.7 Å². The smallest absolute Gasteiger partial charge is 0.317 e. The van der Waals surface area contributed by atoms with Crippen LogP contribution in [0.5, 0.6) is 0 Å². The van der Waals surface area contributed by atoms with Crippen LogP contribution in [0.15, 0.2) is 0 Å². The molecule has 3 rings (SSSR count). The molecule has 3 aliphatic rings. The van der Waals surface area contributed by atoms with Crippen LogP contribution in [-0.4, -0.2) is 11.9 Å². The first-order valence-electron chi connectivity index (χ1n) is 7.19. The van der Waals surface area contributed by atoms with Gasteiger partial charge in [0.25, 0.3) is 0 Å². The summed E-state index contributed by atoms with van der Waals surface area (Å²) in [5.41, 5.74) is 0. The Balaban J connectivity index is 1.90. The minimum Gasteiger partial charge on any atom is -0.393 e. The van der Waals surface area contributed by atoms with Crippen molar-refractivity contribution >= 4 is 11.9 Å². The second-order valence-electron chi connectivity index (χ2n) is 6.77. The molecule has 0 radical (unpaired) electrons. The van der Waals surface area contributed by atoms with E-state index in [0.717, 1.165) is 11.8 Å². The lowest BCUT2D eigenvalue weighted by molar-refractivity contribution is -0.154. The largest absolute Gasteiger partial charge is 0.393 e. The van der Waals surface area contributed by atoms with Crippen LogP contribution in [0.1, 0.15) is 34.1 Å². The van der Waals surface area contributed by atoms with Gasteiger partial charge in [-0.3, -0.25) is 9.59 Å². The zero-order valence-corrected chi connectivity index (χ0v) is 11.6. The average molecular weight is 250 g/mol. The van der Waals surface area contributed by atoms with Crippen molar-refractivity contribution in [1.29, 1.82) is 0 Å². The van der Waals surface area contributed by atoms with E-state index < -0.39 is 0 Å². The second kappa shape index (κ2) is 3.82. The highest BCUT2D eigenvalue weighted by molar-refractivity contribution is 5.96. The fraction of sp³-hybridized carbons (Fsp3) is 0.867. The van der Waals surface area contributed by atoms with E-state index in [4.69, 9.17) is 4.74 Å². The van der Waals surface area contributed by atoms with E-state index in [1.165, 1.54) is 6.42 Å². The third-order valence-electron chi connectivity index (χ3n) is 6.30. The summed E-state index contributed by atoms with van der Waals surface area (Å²) in [5, 5.41) is 0. The number of hydrogen-bond donors (Lipinski definition) is 0. The molecule has 0 amide bonds. The molecule has 8 atom stereocenters. The highest BCUT2D eigenvalue weighted by Gasteiger charge is 2.59. The van der Waals surface area contributed by atoms with E-state index in [2.05, 4.69) is 20.8 Å². The molecule has 2 bridgehead atoms. The van der Waals surface area contributed by atoms with Gasteiger partial charge in [-0.25, -0.2) is 0 Å². The standard InChI is InChI=1S/C15H22O3/c1-6-7(2)11-5-10(6)8(3)12(11)13-9(4)14(16)18-15(13)17/h6-13H,5H2,1-4H3. The molecule has 0 spiro atoms. The van der Waals surface area contributed by atoms with Crippen molar-refractivity contribution in [3.8, 4) is 0 Å². The van der Waals surface area contributed by atoms with Gasteiger partial charge in [0, 0.05) is 0 Å². The summed E-state index contributed by atoms with van der Waals surface area (Å²) in [7, 11) is 0. The van der Waals surface area contributed by atoms with Crippen molar-refractivity contribution in [1.82, 2.24) is 0 Å². The lowest BCUT2D eigenvalue weighted by Gasteiger charge is -2.39. The predicted octanol–water partition coefficient (Wildman–Crippen LogP) is 2.50. The number of hydrogen-bond acceptors (Lipinski definition) is 3. The molecule has 0 aromatic rings. The third-order valence-corrected chi connectivity index (χ3v) is 6.30. The summed E-state index contributed by atoms with van der Waals surface area (Å²) in [5.74, 6) is 2.65. The Morgan fingerprint density at radius 2 is 1.50 bits per heavy atom. The quantitative estimate of drug-likeness (QED) is 0.530. The molecule has 3 nitrogen and oxygen atoms in total. The Labute approximate surface area is 108 Å². The van der Waals surface area contributed by atoms with Crippen LogP contribution < -0.4 is 0 Å². The van der Waals surface area contributed by atoms with Crippen molar-refractivity contribution in [2.75, 3.05) is 0 Å². The van der Waals surface area contributed by atoms with E-state index in [0.29, 0.717) is 23.7 Å². The molecule has 1 heterocycles. The minimum absolute atomic E-state index is 0.183. The number of rotatable bonds is 1. The predicted molar refractivity (Wildman–Crippen MR) is 66.3 cm³/mol. The van der Waals surface area contributed by atoms with Crippen LogP contribution in [0.2, 0.25) is 0 Å². The van der Waals surface area contributed by atoms with Gasteiger partial charge in [0.2, 0.25) is 0 Å². The van der Waals surface area contributed by atoms with Gasteiger partial charge in [-0.15, -0.1) is 0 Å². The molecule has 0 aromatic carbocycles. The Kier molecular flexibility index (Phi) is 2.58. The molecule has 18 heavy (non-hydrogen) atoms. The van der Waals surface area contributed by atoms with Crippen LogP contribution in [-0.2, 0) is 14.3 Å². The SMILES string of the molecule is CC1C(=O)OC(=O)C1C1C(C)C2CC1C(C)C2C. The molecular weight excluding hydrogens is 228 g/mol. The molecule has 0 N–H and O–H groups in total. The van der Waals surface area contributed by atoms with Crippen LogP contribution in [0.3, 0.4) is 0 Å². The highest BCUT2D eigenvalue weighted by atomic mass is 16.6. The summed E-state index contributed by atoms with van der Waals surface area (Å²) >= 11 is 0.